The molecule has 0 amide bonds. The van der Waals surface area contributed by atoms with E-state index in [1.54, 1.807) is 24.5 Å². The van der Waals surface area contributed by atoms with Crippen LogP contribution < -0.4 is 4.90 Å². The zero-order valence-electron chi connectivity index (χ0n) is 11.4. The molecule has 0 atom stereocenters. The van der Waals surface area contributed by atoms with Crippen LogP contribution >= 0.6 is 23.2 Å². The Bertz CT molecular complexity index is 600. The van der Waals surface area contributed by atoms with Gasteiger partial charge in [-0.2, -0.15) is 0 Å². The highest BCUT2D eigenvalue weighted by molar-refractivity contribution is 6.32. The largest absolute Gasteiger partial charge is 0.338 e. The summed E-state index contributed by atoms with van der Waals surface area (Å²) < 4.78 is 0. The Morgan fingerprint density at radius 1 is 1.00 bits per heavy atom. The van der Waals surface area contributed by atoms with Crippen molar-refractivity contribution in [2.75, 3.05) is 31.1 Å². The summed E-state index contributed by atoms with van der Waals surface area (Å²) in [5.41, 5.74) is 0.827. The third-order valence-corrected chi connectivity index (χ3v) is 4.02. The molecule has 1 aliphatic rings. The van der Waals surface area contributed by atoms with Crippen LogP contribution in [0.25, 0.3) is 0 Å². The quantitative estimate of drug-likeness (QED) is 0.812. The number of hydrogen-bond acceptors (Lipinski definition) is 5. The average Bonchev–Trinajstić information content (AvgIpc) is 2.53. The summed E-state index contributed by atoms with van der Waals surface area (Å²) >= 11 is 12.1. The fourth-order valence-electron chi connectivity index (χ4n) is 2.34. The van der Waals surface area contributed by atoms with Gasteiger partial charge in [-0.1, -0.05) is 23.2 Å². The lowest BCUT2D eigenvalue weighted by atomic mass is 10.2. The number of piperazine rings is 1. The van der Waals surface area contributed by atoms with Gasteiger partial charge in [-0.25, -0.2) is 15.0 Å². The Balaban J connectivity index is 1.60. The van der Waals surface area contributed by atoms with Crippen LogP contribution in [0.4, 0.5) is 5.95 Å². The molecule has 3 rings (SSSR count). The van der Waals surface area contributed by atoms with E-state index in [0.717, 1.165) is 37.8 Å². The average molecular weight is 324 g/mol. The summed E-state index contributed by atoms with van der Waals surface area (Å²) in [4.78, 5) is 17.4. The van der Waals surface area contributed by atoms with E-state index in [-0.39, 0.29) is 0 Å². The van der Waals surface area contributed by atoms with Crippen molar-refractivity contribution in [1.82, 2.24) is 19.9 Å². The highest BCUT2D eigenvalue weighted by atomic mass is 35.5. The van der Waals surface area contributed by atoms with Crippen molar-refractivity contribution in [3.63, 3.8) is 0 Å². The summed E-state index contributed by atoms with van der Waals surface area (Å²) in [7, 11) is 0. The minimum absolute atomic E-state index is 0.478. The third kappa shape index (κ3) is 3.61. The lowest BCUT2D eigenvalue weighted by Gasteiger charge is -2.34. The van der Waals surface area contributed by atoms with Crippen LogP contribution in [0.3, 0.4) is 0 Å². The van der Waals surface area contributed by atoms with Gasteiger partial charge in [0, 0.05) is 45.1 Å². The Morgan fingerprint density at radius 2 is 1.71 bits per heavy atom. The highest BCUT2D eigenvalue weighted by Gasteiger charge is 2.19. The summed E-state index contributed by atoms with van der Waals surface area (Å²) in [5.74, 6) is 0.788. The van der Waals surface area contributed by atoms with Crippen molar-refractivity contribution >= 4 is 29.2 Å². The Kier molecular flexibility index (Phi) is 4.53. The molecule has 0 N–H and O–H groups in total. The molecule has 0 bridgehead atoms. The number of aromatic nitrogens is 3. The van der Waals surface area contributed by atoms with Gasteiger partial charge in [0.05, 0.1) is 10.7 Å². The summed E-state index contributed by atoms with van der Waals surface area (Å²) in [6.45, 7) is 4.33. The zero-order valence-corrected chi connectivity index (χ0v) is 12.9. The van der Waals surface area contributed by atoms with E-state index in [1.807, 2.05) is 6.07 Å². The topological polar surface area (TPSA) is 45.2 Å². The van der Waals surface area contributed by atoms with Gasteiger partial charge in [0.2, 0.25) is 5.95 Å². The summed E-state index contributed by atoms with van der Waals surface area (Å²) in [6, 6.07) is 5.32. The molecule has 2 aromatic heterocycles. The first kappa shape index (κ1) is 14.5. The third-order valence-electron chi connectivity index (χ3n) is 3.47. The number of rotatable bonds is 3. The number of halogens is 2. The minimum Gasteiger partial charge on any atom is -0.338 e. The van der Waals surface area contributed by atoms with Crippen LogP contribution in [-0.2, 0) is 6.54 Å². The molecule has 0 saturated carbocycles. The second kappa shape index (κ2) is 6.56. The number of nitrogens with zero attached hydrogens (tertiary/aromatic N) is 5. The minimum atomic E-state index is 0.478. The van der Waals surface area contributed by atoms with E-state index in [0.29, 0.717) is 16.7 Å². The molecule has 3 heterocycles. The number of pyridine rings is 1. The normalized spacial score (nSPS) is 16.2. The zero-order chi connectivity index (χ0) is 14.7. The van der Waals surface area contributed by atoms with Crippen molar-refractivity contribution in [2.24, 2.45) is 0 Å². The smallest absolute Gasteiger partial charge is 0.225 e. The van der Waals surface area contributed by atoms with Gasteiger partial charge in [0.15, 0.2) is 0 Å². The van der Waals surface area contributed by atoms with Crippen LogP contribution in [0.1, 0.15) is 5.69 Å². The molecule has 5 nitrogen and oxygen atoms in total. The van der Waals surface area contributed by atoms with Crippen LogP contribution in [0.15, 0.2) is 30.6 Å². The predicted molar refractivity (Wildman–Crippen MR) is 83.8 cm³/mol. The first-order valence-corrected chi connectivity index (χ1v) is 7.53. The molecule has 0 aromatic carbocycles. The second-order valence-electron chi connectivity index (χ2n) is 4.87. The lowest BCUT2D eigenvalue weighted by molar-refractivity contribution is 0.246. The fraction of sp³-hybridized carbons (Fsp3) is 0.357. The van der Waals surface area contributed by atoms with Gasteiger partial charge >= 0.3 is 0 Å². The van der Waals surface area contributed by atoms with E-state index in [1.165, 1.54) is 0 Å². The van der Waals surface area contributed by atoms with E-state index >= 15 is 0 Å². The molecule has 1 fully saturated rings. The first-order valence-electron chi connectivity index (χ1n) is 6.77. The van der Waals surface area contributed by atoms with Gasteiger partial charge in [-0.15, -0.1) is 0 Å². The molecule has 110 valence electrons. The number of hydrogen-bond donors (Lipinski definition) is 0. The summed E-state index contributed by atoms with van der Waals surface area (Å²) in [6.07, 6.45) is 3.54. The highest BCUT2D eigenvalue weighted by Crippen LogP contribution is 2.19. The second-order valence-corrected chi connectivity index (χ2v) is 5.67. The lowest BCUT2D eigenvalue weighted by Crippen LogP contribution is -2.46. The first-order chi connectivity index (χ1) is 10.2. The Morgan fingerprint density at radius 3 is 2.43 bits per heavy atom. The molecule has 0 unspecified atom stereocenters. The molecule has 1 aliphatic heterocycles. The van der Waals surface area contributed by atoms with Gasteiger partial charge in [-0.3, -0.25) is 4.90 Å². The molecule has 0 radical (unpaired) electrons. The molecule has 0 spiro atoms. The monoisotopic (exact) mass is 323 g/mol. The van der Waals surface area contributed by atoms with E-state index in [2.05, 4.69) is 24.8 Å². The fourth-order valence-corrected chi connectivity index (χ4v) is 2.67. The molecule has 7 heteroatoms. The van der Waals surface area contributed by atoms with Crippen molar-refractivity contribution < 1.29 is 0 Å². The molecule has 0 aliphatic carbocycles. The molecule has 2 aromatic rings. The Labute approximate surface area is 133 Å². The van der Waals surface area contributed by atoms with Gasteiger partial charge < -0.3 is 4.90 Å². The van der Waals surface area contributed by atoms with Gasteiger partial charge in [0.1, 0.15) is 5.15 Å². The molecule has 21 heavy (non-hydrogen) atoms. The molecular weight excluding hydrogens is 309 g/mol. The van der Waals surface area contributed by atoms with Gasteiger partial charge in [0.25, 0.3) is 0 Å². The number of anilines is 1. The van der Waals surface area contributed by atoms with Gasteiger partial charge in [-0.05, 0) is 18.2 Å². The van der Waals surface area contributed by atoms with Crippen LogP contribution in [0, 0.1) is 0 Å². The van der Waals surface area contributed by atoms with Crippen LogP contribution in [0.5, 0.6) is 0 Å². The SMILES string of the molecule is Clc1ccc(Cl)c(CN2CCN(c3ncccn3)CC2)n1. The van der Waals surface area contributed by atoms with Crippen LogP contribution in [0.2, 0.25) is 10.2 Å². The predicted octanol–water partition coefficient (Wildman–Crippen LogP) is 2.50. The van der Waals surface area contributed by atoms with Crippen molar-refractivity contribution in [2.45, 2.75) is 6.54 Å². The Hall–Kier alpha value is -1.43. The van der Waals surface area contributed by atoms with E-state index < -0.39 is 0 Å². The summed E-state index contributed by atoms with van der Waals surface area (Å²) in [5, 5.41) is 1.14. The maximum absolute atomic E-state index is 6.16. The van der Waals surface area contributed by atoms with E-state index in [4.69, 9.17) is 23.2 Å². The maximum atomic E-state index is 6.16. The van der Waals surface area contributed by atoms with E-state index in [9.17, 15) is 0 Å². The van der Waals surface area contributed by atoms with Crippen molar-refractivity contribution in [3.8, 4) is 0 Å². The standard InChI is InChI=1S/C14H15Cl2N5/c15-11-2-3-13(16)19-12(11)10-20-6-8-21(9-7-20)14-17-4-1-5-18-14/h1-5H,6-10H2. The maximum Gasteiger partial charge on any atom is 0.225 e. The van der Waals surface area contributed by atoms with Crippen molar-refractivity contribution in [3.05, 3.63) is 46.5 Å². The molecular formula is C14H15Cl2N5. The molecule has 1 saturated heterocycles. The van der Waals surface area contributed by atoms with Crippen LogP contribution in [-0.4, -0.2) is 46.0 Å². The van der Waals surface area contributed by atoms with Crippen molar-refractivity contribution in [1.29, 1.82) is 0 Å².